The maximum absolute atomic E-state index is 13.2. The number of amides is 2. The SMILES string of the molecule is CN(C)c1nc(N2CCCC2)ncc1NC(=O)C1CC(=O)N(c2ccc(F)cc2)C1. The third-order valence-electron chi connectivity index (χ3n) is 5.46. The van der Waals surface area contributed by atoms with Crippen LogP contribution < -0.4 is 20.0 Å². The first-order chi connectivity index (χ1) is 14.4. The molecule has 2 aliphatic rings. The van der Waals surface area contributed by atoms with Crippen molar-refractivity contribution in [1.82, 2.24) is 9.97 Å². The Morgan fingerprint density at radius 3 is 2.57 bits per heavy atom. The van der Waals surface area contributed by atoms with Gasteiger partial charge >= 0.3 is 0 Å². The maximum Gasteiger partial charge on any atom is 0.229 e. The molecule has 2 aliphatic heterocycles. The Kier molecular flexibility index (Phi) is 5.52. The van der Waals surface area contributed by atoms with Crippen molar-refractivity contribution >= 4 is 35.0 Å². The molecule has 1 aromatic carbocycles. The number of benzene rings is 1. The van der Waals surface area contributed by atoms with Gasteiger partial charge < -0.3 is 20.0 Å². The fraction of sp³-hybridized carbons (Fsp3) is 0.429. The summed E-state index contributed by atoms with van der Waals surface area (Å²) in [5.74, 6) is 0.000559. The molecular weight excluding hydrogens is 387 g/mol. The molecule has 9 heteroatoms. The first-order valence-electron chi connectivity index (χ1n) is 10.1. The quantitative estimate of drug-likeness (QED) is 0.812. The van der Waals surface area contributed by atoms with Crippen LogP contribution in [0.2, 0.25) is 0 Å². The second-order valence-corrected chi connectivity index (χ2v) is 7.87. The first-order valence-corrected chi connectivity index (χ1v) is 10.1. The minimum absolute atomic E-state index is 0.104. The third-order valence-corrected chi connectivity index (χ3v) is 5.46. The van der Waals surface area contributed by atoms with E-state index in [1.54, 1.807) is 18.3 Å². The molecule has 8 nitrogen and oxygen atoms in total. The highest BCUT2D eigenvalue weighted by molar-refractivity contribution is 6.04. The molecule has 2 saturated heterocycles. The van der Waals surface area contributed by atoms with Gasteiger partial charge in [-0.15, -0.1) is 0 Å². The van der Waals surface area contributed by atoms with Crippen LogP contribution in [0.5, 0.6) is 0 Å². The Balaban J connectivity index is 1.48. The molecule has 0 spiro atoms. The zero-order valence-electron chi connectivity index (χ0n) is 17.1. The number of nitrogens with zero attached hydrogens (tertiary/aromatic N) is 5. The number of carbonyl (C=O) groups excluding carboxylic acids is 2. The van der Waals surface area contributed by atoms with E-state index in [9.17, 15) is 14.0 Å². The van der Waals surface area contributed by atoms with Gasteiger partial charge in [-0.05, 0) is 37.1 Å². The lowest BCUT2D eigenvalue weighted by molar-refractivity contribution is -0.122. The van der Waals surface area contributed by atoms with E-state index >= 15 is 0 Å². The van der Waals surface area contributed by atoms with Crippen molar-refractivity contribution in [1.29, 1.82) is 0 Å². The van der Waals surface area contributed by atoms with Gasteiger partial charge in [0.1, 0.15) is 11.5 Å². The minimum atomic E-state index is -0.504. The first kappa shape index (κ1) is 20.1. The van der Waals surface area contributed by atoms with Crippen molar-refractivity contribution in [2.45, 2.75) is 19.3 Å². The van der Waals surface area contributed by atoms with Gasteiger partial charge in [-0.25, -0.2) is 9.37 Å². The van der Waals surface area contributed by atoms with Crippen LogP contribution in [0.4, 0.5) is 27.5 Å². The van der Waals surface area contributed by atoms with Crippen molar-refractivity contribution in [2.24, 2.45) is 5.92 Å². The molecule has 4 rings (SSSR count). The van der Waals surface area contributed by atoms with Gasteiger partial charge in [-0.1, -0.05) is 0 Å². The summed E-state index contributed by atoms with van der Waals surface area (Å²) in [7, 11) is 3.72. The molecule has 2 amide bonds. The van der Waals surface area contributed by atoms with Crippen LogP contribution in [-0.2, 0) is 9.59 Å². The molecule has 1 unspecified atom stereocenters. The molecule has 2 aromatic rings. The second kappa shape index (κ2) is 8.25. The van der Waals surface area contributed by atoms with Crippen molar-refractivity contribution in [3.8, 4) is 0 Å². The van der Waals surface area contributed by atoms with Gasteiger partial charge in [0.05, 0.1) is 12.1 Å². The van der Waals surface area contributed by atoms with Crippen LogP contribution >= 0.6 is 0 Å². The summed E-state index contributed by atoms with van der Waals surface area (Å²) in [6.45, 7) is 2.12. The molecule has 0 bridgehead atoms. The molecule has 0 radical (unpaired) electrons. The molecule has 0 saturated carbocycles. The zero-order chi connectivity index (χ0) is 21.3. The topological polar surface area (TPSA) is 81.7 Å². The van der Waals surface area contributed by atoms with Crippen LogP contribution in [0.1, 0.15) is 19.3 Å². The number of halogens is 1. The normalized spacial score (nSPS) is 18.8. The number of nitrogens with one attached hydrogen (secondary N) is 1. The highest BCUT2D eigenvalue weighted by Gasteiger charge is 2.35. The summed E-state index contributed by atoms with van der Waals surface area (Å²) in [4.78, 5) is 39.8. The zero-order valence-corrected chi connectivity index (χ0v) is 17.1. The van der Waals surface area contributed by atoms with Crippen molar-refractivity contribution in [2.75, 3.05) is 53.7 Å². The molecule has 30 heavy (non-hydrogen) atoms. The molecule has 1 aromatic heterocycles. The molecule has 2 fully saturated rings. The highest BCUT2D eigenvalue weighted by atomic mass is 19.1. The monoisotopic (exact) mass is 412 g/mol. The lowest BCUT2D eigenvalue weighted by Crippen LogP contribution is -2.29. The Morgan fingerprint density at radius 2 is 1.90 bits per heavy atom. The lowest BCUT2D eigenvalue weighted by Gasteiger charge is -2.21. The number of aromatic nitrogens is 2. The van der Waals surface area contributed by atoms with Gasteiger partial charge in [0, 0.05) is 45.8 Å². The maximum atomic E-state index is 13.2. The van der Waals surface area contributed by atoms with Crippen molar-refractivity contribution in [3.05, 3.63) is 36.3 Å². The van der Waals surface area contributed by atoms with Crippen LogP contribution in [-0.4, -0.2) is 55.5 Å². The van der Waals surface area contributed by atoms with Crippen molar-refractivity contribution in [3.63, 3.8) is 0 Å². The summed E-state index contributed by atoms with van der Waals surface area (Å²) in [6.07, 6.45) is 3.98. The van der Waals surface area contributed by atoms with Gasteiger partial charge in [0.25, 0.3) is 0 Å². The van der Waals surface area contributed by atoms with E-state index in [1.165, 1.54) is 17.0 Å². The standard InChI is InChI=1S/C21H25FN6O2/c1-26(2)19-17(12-23-21(25-19)27-9-3-4-10-27)24-20(30)14-11-18(29)28(13-14)16-7-5-15(22)6-8-16/h5-8,12,14H,3-4,9-11,13H2,1-2H3,(H,24,30). The number of carbonyl (C=O) groups is 2. The largest absolute Gasteiger partial charge is 0.361 e. The van der Waals surface area contributed by atoms with E-state index in [-0.39, 0.29) is 30.6 Å². The summed E-state index contributed by atoms with van der Waals surface area (Å²) in [5.41, 5.74) is 1.10. The summed E-state index contributed by atoms with van der Waals surface area (Å²) >= 11 is 0. The van der Waals surface area contributed by atoms with E-state index < -0.39 is 5.92 Å². The predicted molar refractivity (Wildman–Crippen MR) is 113 cm³/mol. The smallest absolute Gasteiger partial charge is 0.229 e. The average Bonchev–Trinajstić information content (AvgIpc) is 3.39. The minimum Gasteiger partial charge on any atom is -0.361 e. The van der Waals surface area contributed by atoms with Crippen LogP contribution in [0.15, 0.2) is 30.5 Å². The average molecular weight is 412 g/mol. The van der Waals surface area contributed by atoms with E-state index in [0.717, 1.165) is 25.9 Å². The van der Waals surface area contributed by atoms with Crippen LogP contribution in [0, 0.1) is 11.7 Å². The fourth-order valence-electron chi connectivity index (χ4n) is 3.85. The summed E-state index contributed by atoms with van der Waals surface area (Å²) in [6, 6.07) is 5.70. The second-order valence-electron chi connectivity index (χ2n) is 7.87. The number of anilines is 4. The third kappa shape index (κ3) is 4.05. The number of rotatable bonds is 5. The van der Waals surface area contributed by atoms with Gasteiger partial charge in [0.2, 0.25) is 17.8 Å². The van der Waals surface area contributed by atoms with Gasteiger partial charge in [0.15, 0.2) is 5.82 Å². The molecule has 1 atom stereocenters. The van der Waals surface area contributed by atoms with E-state index in [1.807, 2.05) is 19.0 Å². The summed E-state index contributed by atoms with van der Waals surface area (Å²) < 4.78 is 13.2. The van der Waals surface area contributed by atoms with Crippen molar-refractivity contribution < 1.29 is 14.0 Å². The van der Waals surface area contributed by atoms with Crippen LogP contribution in [0.25, 0.3) is 0 Å². The van der Waals surface area contributed by atoms with Crippen LogP contribution in [0.3, 0.4) is 0 Å². The van der Waals surface area contributed by atoms with Gasteiger partial charge in [-0.3, -0.25) is 9.59 Å². The van der Waals surface area contributed by atoms with E-state index in [0.29, 0.717) is 23.1 Å². The molecule has 158 valence electrons. The molecule has 3 heterocycles. The Bertz CT molecular complexity index is 943. The molecule has 1 N–H and O–H groups in total. The molecular formula is C21H25FN6O2. The predicted octanol–water partition coefficient (Wildman–Crippen LogP) is 2.27. The van der Waals surface area contributed by atoms with E-state index in [4.69, 9.17) is 0 Å². The fourth-order valence-corrected chi connectivity index (χ4v) is 3.85. The number of hydrogen-bond acceptors (Lipinski definition) is 6. The van der Waals surface area contributed by atoms with Gasteiger partial charge in [-0.2, -0.15) is 4.98 Å². The van der Waals surface area contributed by atoms with E-state index in [2.05, 4.69) is 20.2 Å². The Labute approximate surface area is 174 Å². The molecule has 0 aliphatic carbocycles. The number of hydrogen-bond donors (Lipinski definition) is 1. The Morgan fingerprint density at radius 1 is 1.20 bits per heavy atom. The summed E-state index contributed by atoms with van der Waals surface area (Å²) in [5, 5.41) is 2.89. The highest BCUT2D eigenvalue weighted by Crippen LogP contribution is 2.29. The lowest BCUT2D eigenvalue weighted by atomic mass is 10.1. The Hall–Kier alpha value is -3.23.